The van der Waals surface area contributed by atoms with Crippen LogP contribution in [0, 0.1) is 6.92 Å². The predicted molar refractivity (Wildman–Crippen MR) is 61.0 cm³/mol. The van der Waals surface area contributed by atoms with Crippen molar-refractivity contribution in [3.63, 3.8) is 0 Å². The summed E-state index contributed by atoms with van der Waals surface area (Å²) >= 11 is 0. The lowest BCUT2D eigenvalue weighted by atomic mass is 10.4. The van der Waals surface area contributed by atoms with Crippen LogP contribution >= 0.6 is 9.24 Å². The van der Waals surface area contributed by atoms with Crippen molar-refractivity contribution in [2.24, 2.45) is 0 Å². The van der Waals surface area contributed by atoms with Crippen LogP contribution in [0.3, 0.4) is 0 Å². The van der Waals surface area contributed by atoms with Crippen LogP contribution in [0.1, 0.15) is 33.4 Å². The Hall–Kier alpha value is -0.420. The van der Waals surface area contributed by atoms with Crippen LogP contribution in [-0.4, -0.2) is 4.98 Å². The lowest BCUT2D eigenvalue weighted by Gasteiger charge is -1.89. The Labute approximate surface area is 78.8 Å². The summed E-state index contributed by atoms with van der Waals surface area (Å²) < 4.78 is 0. The maximum atomic E-state index is 4.06. The average molecular weight is 185 g/mol. The van der Waals surface area contributed by atoms with Gasteiger partial charge < -0.3 is 0 Å². The molecule has 0 aliphatic carbocycles. The highest BCUT2D eigenvalue weighted by atomic mass is 31.0. The highest BCUT2D eigenvalue weighted by molar-refractivity contribution is 7.27. The molecule has 0 bridgehead atoms. The third-order valence-electron chi connectivity index (χ3n) is 0.934. The molecule has 0 aromatic carbocycles. The number of hydrogen-bond acceptors (Lipinski definition) is 1. The Morgan fingerprint density at radius 1 is 1.08 bits per heavy atom. The van der Waals surface area contributed by atoms with Gasteiger partial charge in [-0.3, -0.25) is 4.98 Å². The molecule has 1 unspecified atom stereocenters. The molecule has 1 nitrogen and oxygen atoms in total. The summed E-state index contributed by atoms with van der Waals surface area (Å²) in [5.41, 5.74) is 1.07. The third kappa shape index (κ3) is 7.68. The van der Waals surface area contributed by atoms with E-state index in [1.165, 1.54) is 0 Å². The van der Waals surface area contributed by atoms with Crippen LogP contribution in [-0.2, 0) is 0 Å². The molecule has 0 amide bonds. The van der Waals surface area contributed by atoms with Crippen molar-refractivity contribution in [1.29, 1.82) is 0 Å². The first-order valence-electron chi connectivity index (χ1n) is 4.47. The summed E-state index contributed by atoms with van der Waals surface area (Å²) in [6.45, 7) is 9.98. The van der Waals surface area contributed by atoms with E-state index in [1.54, 1.807) is 0 Å². The van der Waals surface area contributed by atoms with Crippen molar-refractivity contribution >= 4 is 14.5 Å². The third-order valence-corrected chi connectivity index (χ3v) is 1.28. The maximum absolute atomic E-state index is 4.06. The summed E-state index contributed by atoms with van der Waals surface area (Å²) in [6.07, 6.45) is 1.83. The number of pyridine rings is 1. The first kappa shape index (κ1) is 14.1. The van der Waals surface area contributed by atoms with Gasteiger partial charge in [0.05, 0.1) is 0 Å². The zero-order chi connectivity index (χ0) is 9.98. The highest BCUT2D eigenvalue weighted by Gasteiger charge is 1.81. The Balaban J connectivity index is 0. The number of aryl methyl sites for hydroxylation is 1. The molecule has 0 saturated heterocycles. The largest absolute Gasteiger partial charge is 0.261 e. The van der Waals surface area contributed by atoms with Crippen LogP contribution < -0.4 is 5.30 Å². The molecular formula is C10H20NP. The molecule has 70 valence electrons. The standard InChI is InChI=1S/C6H8NP.2C2H6/c1-5-2-3-6(8)4-7-5;2*1-2/h2-4H,8H2,1H3;2*1-2H3. The second kappa shape index (κ2) is 10.6. The van der Waals surface area contributed by atoms with Gasteiger partial charge >= 0.3 is 0 Å². The molecule has 1 aromatic rings. The molecule has 0 aliphatic rings. The minimum Gasteiger partial charge on any atom is -0.261 e. The highest BCUT2D eigenvalue weighted by Crippen LogP contribution is 1.89. The fourth-order valence-electron chi connectivity index (χ4n) is 0.479. The van der Waals surface area contributed by atoms with Gasteiger partial charge in [0.15, 0.2) is 0 Å². The molecule has 0 saturated carbocycles. The lowest BCUT2D eigenvalue weighted by Crippen LogP contribution is -1.90. The average Bonchev–Trinajstić information content (AvgIpc) is 2.17. The number of rotatable bonds is 0. The molecule has 1 atom stereocenters. The quantitative estimate of drug-likeness (QED) is 0.566. The normalized spacial score (nSPS) is 7.17. The van der Waals surface area contributed by atoms with E-state index in [1.807, 2.05) is 52.9 Å². The van der Waals surface area contributed by atoms with Crippen LogP contribution in [0.5, 0.6) is 0 Å². The Kier molecular flexibility index (Phi) is 12.5. The molecule has 2 heteroatoms. The van der Waals surface area contributed by atoms with Gasteiger partial charge in [-0.15, -0.1) is 9.24 Å². The Morgan fingerprint density at radius 3 is 1.83 bits per heavy atom. The van der Waals surface area contributed by atoms with E-state index < -0.39 is 0 Å². The van der Waals surface area contributed by atoms with Gasteiger partial charge in [-0.05, 0) is 18.3 Å². The van der Waals surface area contributed by atoms with E-state index in [-0.39, 0.29) is 0 Å². The van der Waals surface area contributed by atoms with Crippen molar-refractivity contribution < 1.29 is 0 Å². The number of nitrogens with zero attached hydrogens (tertiary/aromatic N) is 1. The molecule has 0 aliphatic heterocycles. The topological polar surface area (TPSA) is 12.9 Å². The Bertz CT molecular complexity index is 149. The van der Waals surface area contributed by atoms with E-state index in [2.05, 4.69) is 14.2 Å². The van der Waals surface area contributed by atoms with Crippen molar-refractivity contribution in [3.8, 4) is 0 Å². The first-order valence-corrected chi connectivity index (χ1v) is 5.05. The summed E-state index contributed by atoms with van der Waals surface area (Å²) in [5.74, 6) is 0. The first-order chi connectivity index (χ1) is 5.79. The minimum absolute atomic E-state index is 1.07. The van der Waals surface area contributed by atoms with Crippen LogP contribution in [0.25, 0.3) is 0 Å². The summed E-state index contributed by atoms with van der Waals surface area (Å²) in [5, 5.41) is 1.13. The number of aromatic nitrogens is 1. The van der Waals surface area contributed by atoms with E-state index in [4.69, 9.17) is 0 Å². The molecular weight excluding hydrogens is 165 g/mol. The lowest BCUT2D eigenvalue weighted by molar-refractivity contribution is 1.21. The molecule has 12 heavy (non-hydrogen) atoms. The van der Waals surface area contributed by atoms with Crippen molar-refractivity contribution in [2.75, 3.05) is 0 Å². The van der Waals surface area contributed by atoms with E-state index in [9.17, 15) is 0 Å². The van der Waals surface area contributed by atoms with Crippen LogP contribution in [0.4, 0.5) is 0 Å². The van der Waals surface area contributed by atoms with Crippen LogP contribution in [0.15, 0.2) is 18.3 Å². The van der Waals surface area contributed by atoms with Gasteiger partial charge in [0.1, 0.15) is 0 Å². The molecule has 0 radical (unpaired) electrons. The summed E-state index contributed by atoms with van der Waals surface area (Å²) in [4.78, 5) is 4.06. The summed E-state index contributed by atoms with van der Waals surface area (Å²) in [7, 11) is 2.59. The smallest absolute Gasteiger partial charge is 0.0373 e. The Morgan fingerprint density at radius 2 is 1.58 bits per heavy atom. The molecule has 0 spiro atoms. The van der Waals surface area contributed by atoms with Gasteiger partial charge in [-0.2, -0.15) is 0 Å². The zero-order valence-electron chi connectivity index (χ0n) is 8.76. The van der Waals surface area contributed by atoms with Crippen LogP contribution in [0.2, 0.25) is 0 Å². The second-order valence-electron chi connectivity index (χ2n) is 1.73. The molecule has 1 heterocycles. The van der Waals surface area contributed by atoms with Crippen molar-refractivity contribution in [1.82, 2.24) is 4.98 Å². The number of hydrogen-bond donors (Lipinski definition) is 0. The molecule has 0 fully saturated rings. The van der Waals surface area contributed by atoms with E-state index >= 15 is 0 Å². The van der Waals surface area contributed by atoms with Gasteiger partial charge in [-0.1, -0.05) is 33.8 Å². The maximum Gasteiger partial charge on any atom is 0.0373 e. The zero-order valence-corrected chi connectivity index (χ0v) is 9.91. The van der Waals surface area contributed by atoms with Gasteiger partial charge in [-0.25, -0.2) is 0 Å². The molecule has 1 aromatic heterocycles. The van der Waals surface area contributed by atoms with E-state index in [0.717, 1.165) is 11.0 Å². The minimum atomic E-state index is 1.07. The fourth-order valence-corrected chi connectivity index (χ4v) is 0.650. The molecule has 1 rings (SSSR count). The fraction of sp³-hybridized carbons (Fsp3) is 0.500. The predicted octanol–water partition coefficient (Wildman–Crippen LogP) is 2.94. The monoisotopic (exact) mass is 185 g/mol. The van der Waals surface area contributed by atoms with Gasteiger partial charge in [0.2, 0.25) is 0 Å². The van der Waals surface area contributed by atoms with Crippen molar-refractivity contribution in [3.05, 3.63) is 24.0 Å². The van der Waals surface area contributed by atoms with Gasteiger partial charge in [0, 0.05) is 11.9 Å². The second-order valence-corrected chi connectivity index (χ2v) is 2.40. The SMILES string of the molecule is CC.CC.Cc1ccc(P)cn1. The van der Waals surface area contributed by atoms with Gasteiger partial charge in [0.25, 0.3) is 0 Å². The summed E-state index contributed by atoms with van der Waals surface area (Å²) in [6, 6.07) is 4.01. The molecule has 0 N–H and O–H groups in total. The van der Waals surface area contributed by atoms with E-state index in [0.29, 0.717) is 0 Å². The van der Waals surface area contributed by atoms with Crippen molar-refractivity contribution in [2.45, 2.75) is 34.6 Å².